The van der Waals surface area contributed by atoms with Crippen molar-refractivity contribution in [3.63, 3.8) is 0 Å². The molecule has 6 heteroatoms. The molecule has 0 aromatic heterocycles. The first kappa shape index (κ1) is 19.1. The first-order valence-electron chi connectivity index (χ1n) is 9.59. The van der Waals surface area contributed by atoms with Crippen molar-refractivity contribution in [3.05, 3.63) is 24.3 Å². The first-order chi connectivity index (χ1) is 12.6. The van der Waals surface area contributed by atoms with Gasteiger partial charge in [-0.05, 0) is 69.5 Å². The number of piperidine rings is 1. The van der Waals surface area contributed by atoms with Crippen LogP contribution in [0.2, 0.25) is 0 Å². The van der Waals surface area contributed by atoms with E-state index in [1.165, 1.54) is 0 Å². The maximum absolute atomic E-state index is 12.8. The lowest BCUT2D eigenvalue weighted by molar-refractivity contribution is -0.130. The largest absolute Gasteiger partial charge is 0.488 e. The molecule has 6 nitrogen and oxygen atoms in total. The van der Waals surface area contributed by atoms with Gasteiger partial charge in [-0.1, -0.05) is 6.42 Å². The average Bonchev–Trinajstić information content (AvgIpc) is 2.66. The van der Waals surface area contributed by atoms with Crippen LogP contribution in [-0.4, -0.2) is 50.0 Å². The molecule has 144 valence electrons. The number of methoxy groups -OCH3 is 1. The zero-order valence-corrected chi connectivity index (χ0v) is 15.5. The number of hydrogen-bond donors (Lipinski definition) is 3. The van der Waals surface area contributed by atoms with Gasteiger partial charge in [-0.15, -0.1) is 0 Å². The molecule has 2 atom stereocenters. The number of aliphatic hydroxyl groups excluding tert-OH is 1. The Labute approximate surface area is 155 Å². The van der Waals surface area contributed by atoms with Gasteiger partial charge in [-0.3, -0.25) is 4.79 Å². The van der Waals surface area contributed by atoms with Crippen molar-refractivity contribution in [3.8, 4) is 5.75 Å². The van der Waals surface area contributed by atoms with E-state index in [4.69, 9.17) is 9.47 Å². The van der Waals surface area contributed by atoms with Crippen LogP contribution in [0.15, 0.2) is 24.3 Å². The number of carbonyl (C=O) groups excluding carboxylic acids is 1. The van der Waals surface area contributed by atoms with Gasteiger partial charge >= 0.3 is 0 Å². The van der Waals surface area contributed by atoms with Crippen LogP contribution in [0.5, 0.6) is 5.75 Å². The van der Waals surface area contributed by atoms with Crippen molar-refractivity contribution < 1.29 is 19.4 Å². The zero-order valence-electron chi connectivity index (χ0n) is 15.5. The van der Waals surface area contributed by atoms with Crippen LogP contribution in [-0.2, 0) is 9.53 Å². The molecular formula is C20H30N2O4. The number of hydrogen-bond acceptors (Lipinski definition) is 5. The number of rotatable bonds is 6. The minimum Gasteiger partial charge on any atom is -0.488 e. The average molecular weight is 362 g/mol. The van der Waals surface area contributed by atoms with Gasteiger partial charge in [-0.2, -0.15) is 0 Å². The Morgan fingerprint density at radius 3 is 2.58 bits per heavy atom. The molecule has 1 saturated heterocycles. The third kappa shape index (κ3) is 4.55. The van der Waals surface area contributed by atoms with Crippen molar-refractivity contribution in [1.82, 2.24) is 5.32 Å². The molecule has 1 aromatic rings. The minimum atomic E-state index is -0.471. The standard InChI is InChI=1S/C20H30N2O4/c1-25-14-20(10-12-21-13-11-20)19(24)22-15-6-8-16(9-7-15)26-18-5-3-2-4-17(18)23/h6-9,17-18,21,23H,2-5,10-14H2,1H3,(H,22,24). The first-order valence-corrected chi connectivity index (χ1v) is 9.59. The number of nitrogens with one attached hydrogen (secondary N) is 2. The van der Waals surface area contributed by atoms with Crippen LogP contribution >= 0.6 is 0 Å². The van der Waals surface area contributed by atoms with Crippen LogP contribution in [0.4, 0.5) is 5.69 Å². The fourth-order valence-electron chi connectivity index (χ4n) is 3.89. The van der Waals surface area contributed by atoms with Gasteiger partial charge in [0.1, 0.15) is 11.9 Å². The third-order valence-electron chi connectivity index (χ3n) is 5.53. The smallest absolute Gasteiger partial charge is 0.233 e. The fourth-order valence-corrected chi connectivity index (χ4v) is 3.89. The summed E-state index contributed by atoms with van der Waals surface area (Å²) in [4.78, 5) is 12.8. The Balaban J connectivity index is 1.60. The number of amides is 1. The molecule has 0 bridgehead atoms. The SMILES string of the molecule is COCC1(C(=O)Nc2ccc(OC3CCCCC3O)cc2)CCNCC1. The van der Waals surface area contributed by atoms with Crippen molar-refractivity contribution in [2.24, 2.45) is 5.41 Å². The van der Waals surface area contributed by atoms with E-state index in [0.717, 1.165) is 63.1 Å². The van der Waals surface area contributed by atoms with E-state index in [1.54, 1.807) is 7.11 Å². The Morgan fingerprint density at radius 1 is 1.23 bits per heavy atom. The van der Waals surface area contributed by atoms with Gasteiger partial charge in [0.15, 0.2) is 0 Å². The highest BCUT2D eigenvalue weighted by Gasteiger charge is 2.39. The lowest BCUT2D eigenvalue weighted by atomic mass is 9.78. The van der Waals surface area contributed by atoms with Crippen molar-refractivity contribution in [2.45, 2.75) is 50.7 Å². The number of aliphatic hydroxyl groups is 1. The number of carbonyl (C=O) groups is 1. The van der Waals surface area contributed by atoms with Gasteiger partial charge in [0, 0.05) is 12.8 Å². The summed E-state index contributed by atoms with van der Waals surface area (Å²) in [5.41, 5.74) is 0.280. The van der Waals surface area contributed by atoms with Crippen LogP contribution in [0.1, 0.15) is 38.5 Å². The third-order valence-corrected chi connectivity index (χ3v) is 5.53. The summed E-state index contributed by atoms with van der Waals surface area (Å²) < 4.78 is 11.2. The van der Waals surface area contributed by atoms with Crippen LogP contribution in [0, 0.1) is 5.41 Å². The maximum Gasteiger partial charge on any atom is 0.233 e. The molecule has 1 aromatic carbocycles. The van der Waals surface area contributed by atoms with E-state index in [0.29, 0.717) is 6.61 Å². The number of ether oxygens (including phenoxy) is 2. The van der Waals surface area contributed by atoms with Crippen molar-refractivity contribution >= 4 is 11.6 Å². The van der Waals surface area contributed by atoms with E-state index >= 15 is 0 Å². The molecule has 1 aliphatic heterocycles. The van der Waals surface area contributed by atoms with E-state index in [9.17, 15) is 9.90 Å². The van der Waals surface area contributed by atoms with Crippen molar-refractivity contribution in [1.29, 1.82) is 0 Å². The van der Waals surface area contributed by atoms with Crippen LogP contribution < -0.4 is 15.4 Å². The molecule has 26 heavy (non-hydrogen) atoms. The molecule has 0 spiro atoms. The molecule has 1 aliphatic carbocycles. The normalized spacial score (nSPS) is 25.5. The molecule has 1 amide bonds. The minimum absolute atomic E-state index is 0.0113. The molecule has 3 rings (SSSR count). The van der Waals surface area contributed by atoms with Gasteiger partial charge in [0.25, 0.3) is 0 Å². The lowest BCUT2D eigenvalue weighted by Crippen LogP contribution is -2.47. The second-order valence-corrected chi connectivity index (χ2v) is 7.45. The van der Waals surface area contributed by atoms with Crippen LogP contribution in [0.25, 0.3) is 0 Å². The monoisotopic (exact) mass is 362 g/mol. The van der Waals surface area contributed by atoms with Gasteiger partial charge in [0.05, 0.1) is 18.1 Å². The molecule has 0 radical (unpaired) electrons. The Kier molecular flexibility index (Phi) is 6.51. The van der Waals surface area contributed by atoms with Gasteiger partial charge in [-0.25, -0.2) is 0 Å². The fraction of sp³-hybridized carbons (Fsp3) is 0.650. The summed E-state index contributed by atoms with van der Waals surface area (Å²) in [5, 5.41) is 16.3. The molecule has 1 heterocycles. The van der Waals surface area contributed by atoms with Crippen molar-refractivity contribution in [2.75, 3.05) is 32.1 Å². The summed E-state index contributed by atoms with van der Waals surface area (Å²) in [6.07, 6.45) is 4.85. The van der Waals surface area contributed by atoms with E-state index in [1.807, 2.05) is 24.3 Å². The summed E-state index contributed by atoms with van der Waals surface area (Å²) in [5.74, 6) is 0.736. The van der Waals surface area contributed by atoms with E-state index in [2.05, 4.69) is 10.6 Å². The summed E-state index contributed by atoms with van der Waals surface area (Å²) in [6.45, 7) is 2.09. The molecule has 3 N–H and O–H groups in total. The zero-order chi connectivity index (χ0) is 18.4. The Hall–Kier alpha value is -1.63. The second kappa shape index (κ2) is 8.84. The highest BCUT2D eigenvalue weighted by Crippen LogP contribution is 2.31. The number of anilines is 1. The predicted molar refractivity (Wildman–Crippen MR) is 100 cm³/mol. The summed E-state index contributed by atoms with van der Waals surface area (Å²) >= 11 is 0. The Morgan fingerprint density at radius 2 is 1.92 bits per heavy atom. The molecule has 1 saturated carbocycles. The quantitative estimate of drug-likeness (QED) is 0.724. The van der Waals surface area contributed by atoms with Gasteiger partial charge < -0.3 is 25.2 Å². The Bertz CT molecular complexity index is 578. The summed E-state index contributed by atoms with van der Waals surface area (Å²) in [6, 6.07) is 7.40. The topological polar surface area (TPSA) is 79.8 Å². The van der Waals surface area contributed by atoms with E-state index < -0.39 is 11.5 Å². The summed E-state index contributed by atoms with van der Waals surface area (Å²) in [7, 11) is 1.64. The molecule has 2 aliphatic rings. The van der Waals surface area contributed by atoms with E-state index in [-0.39, 0.29) is 12.0 Å². The van der Waals surface area contributed by atoms with Gasteiger partial charge in [0.2, 0.25) is 5.91 Å². The number of benzene rings is 1. The second-order valence-electron chi connectivity index (χ2n) is 7.45. The highest BCUT2D eigenvalue weighted by molar-refractivity contribution is 5.95. The molecular weight excluding hydrogens is 332 g/mol. The molecule has 2 fully saturated rings. The van der Waals surface area contributed by atoms with Crippen LogP contribution in [0.3, 0.4) is 0 Å². The predicted octanol–water partition coefficient (Wildman–Crippen LogP) is 2.32. The molecule has 2 unspecified atom stereocenters. The lowest BCUT2D eigenvalue weighted by Gasteiger charge is -2.35. The maximum atomic E-state index is 12.8. The highest BCUT2D eigenvalue weighted by atomic mass is 16.5.